The zero-order valence-electron chi connectivity index (χ0n) is 10.9. The van der Waals surface area contributed by atoms with Crippen LogP contribution in [-0.4, -0.2) is 25.2 Å². The van der Waals surface area contributed by atoms with E-state index >= 15 is 0 Å². The predicted octanol–water partition coefficient (Wildman–Crippen LogP) is 2.69. The highest BCUT2D eigenvalue weighted by Gasteiger charge is 2.06. The fraction of sp³-hybridized carbons (Fsp3) is 0. The molecule has 2 heterocycles. The SMILES string of the molecule is Oc1ccc(-c2cc(Nc3ccccn3)ncn2)cc1O. The van der Waals surface area contributed by atoms with E-state index in [2.05, 4.69) is 20.3 Å². The number of hydrogen-bond acceptors (Lipinski definition) is 6. The molecule has 3 rings (SSSR count). The third kappa shape index (κ3) is 2.89. The van der Waals surface area contributed by atoms with Gasteiger partial charge in [-0.25, -0.2) is 15.0 Å². The van der Waals surface area contributed by atoms with Crippen LogP contribution in [0.5, 0.6) is 11.5 Å². The minimum atomic E-state index is -0.189. The number of pyridine rings is 1. The third-order valence-corrected chi connectivity index (χ3v) is 2.86. The van der Waals surface area contributed by atoms with Gasteiger partial charge in [-0.05, 0) is 30.3 Å². The molecular formula is C15H12N4O2. The van der Waals surface area contributed by atoms with E-state index in [0.29, 0.717) is 22.9 Å². The molecule has 0 unspecified atom stereocenters. The second kappa shape index (κ2) is 5.46. The van der Waals surface area contributed by atoms with Crippen LogP contribution in [-0.2, 0) is 0 Å². The summed E-state index contributed by atoms with van der Waals surface area (Å²) < 4.78 is 0. The summed E-state index contributed by atoms with van der Waals surface area (Å²) in [5.41, 5.74) is 1.30. The zero-order chi connectivity index (χ0) is 14.7. The molecule has 0 radical (unpaired) electrons. The molecule has 0 spiro atoms. The van der Waals surface area contributed by atoms with Crippen molar-refractivity contribution in [3.63, 3.8) is 0 Å². The van der Waals surface area contributed by atoms with Gasteiger partial charge < -0.3 is 15.5 Å². The first-order valence-electron chi connectivity index (χ1n) is 6.25. The van der Waals surface area contributed by atoms with Crippen LogP contribution in [0.2, 0.25) is 0 Å². The number of rotatable bonds is 3. The van der Waals surface area contributed by atoms with E-state index in [4.69, 9.17) is 0 Å². The Morgan fingerprint density at radius 2 is 1.71 bits per heavy atom. The molecule has 3 N–H and O–H groups in total. The lowest BCUT2D eigenvalue weighted by atomic mass is 10.1. The topological polar surface area (TPSA) is 91.2 Å². The Balaban J connectivity index is 1.91. The van der Waals surface area contributed by atoms with Crippen molar-refractivity contribution >= 4 is 11.6 Å². The van der Waals surface area contributed by atoms with Gasteiger partial charge in [-0.3, -0.25) is 0 Å². The fourth-order valence-corrected chi connectivity index (χ4v) is 1.83. The molecule has 0 aliphatic rings. The van der Waals surface area contributed by atoms with Crippen molar-refractivity contribution in [2.75, 3.05) is 5.32 Å². The number of phenols is 2. The zero-order valence-corrected chi connectivity index (χ0v) is 10.9. The van der Waals surface area contributed by atoms with Crippen molar-refractivity contribution < 1.29 is 10.2 Å². The van der Waals surface area contributed by atoms with Gasteiger partial charge in [-0.1, -0.05) is 6.07 Å². The van der Waals surface area contributed by atoms with E-state index < -0.39 is 0 Å². The Labute approximate surface area is 120 Å². The van der Waals surface area contributed by atoms with E-state index in [1.807, 2.05) is 18.2 Å². The molecular weight excluding hydrogens is 268 g/mol. The first-order chi connectivity index (χ1) is 10.2. The number of aromatic hydroxyl groups is 2. The largest absolute Gasteiger partial charge is 0.504 e. The summed E-state index contributed by atoms with van der Waals surface area (Å²) in [5, 5.41) is 21.9. The quantitative estimate of drug-likeness (QED) is 0.639. The third-order valence-electron chi connectivity index (χ3n) is 2.86. The van der Waals surface area contributed by atoms with E-state index in [-0.39, 0.29) is 11.5 Å². The second-order valence-electron chi connectivity index (χ2n) is 4.33. The number of phenolic OH excluding ortho intramolecular Hbond substituents is 2. The fourth-order valence-electron chi connectivity index (χ4n) is 1.83. The summed E-state index contributed by atoms with van der Waals surface area (Å²) in [7, 11) is 0. The van der Waals surface area contributed by atoms with E-state index in [9.17, 15) is 10.2 Å². The van der Waals surface area contributed by atoms with Crippen LogP contribution < -0.4 is 5.32 Å². The second-order valence-corrected chi connectivity index (χ2v) is 4.33. The molecule has 0 saturated heterocycles. The van der Waals surface area contributed by atoms with Gasteiger partial charge in [0.2, 0.25) is 0 Å². The molecule has 0 bridgehead atoms. The summed E-state index contributed by atoms with van der Waals surface area (Å²) in [5.74, 6) is 0.909. The maximum atomic E-state index is 9.55. The van der Waals surface area contributed by atoms with Gasteiger partial charge in [0.1, 0.15) is 18.0 Å². The van der Waals surface area contributed by atoms with Crippen LogP contribution in [0.1, 0.15) is 0 Å². The Kier molecular flexibility index (Phi) is 3.34. The van der Waals surface area contributed by atoms with Crippen LogP contribution in [0.4, 0.5) is 11.6 Å². The van der Waals surface area contributed by atoms with Crippen molar-refractivity contribution in [3.05, 3.63) is 55.0 Å². The van der Waals surface area contributed by atoms with Crippen molar-refractivity contribution in [1.82, 2.24) is 15.0 Å². The first-order valence-corrected chi connectivity index (χ1v) is 6.25. The normalized spacial score (nSPS) is 10.3. The molecule has 6 nitrogen and oxygen atoms in total. The van der Waals surface area contributed by atoms with E-state index in [1.54, 1.807) is 18.3 Å². The van der Waals surface area contributed by atoms with Crippen LogP contribution in [0.25, 0.3) is 11.3 Å². The molecule has 0 amide bonds. The lowest BCUT2D eigenvalue weighted by Gasteiger charge is -2.07. The maximum absolute atomic E-state index is 9.55. The molecule has 0 atom stereocenters. The van der Waals surface area contributed by atoms with Gasteiger partial charge in [0, 0.05) is 17.8 Å². The van der Waals surface area contributed by atoms with Crippen LogP contribution in [0, 0.1) is 0 Å². The molecule has 6 heteroatoms. The summed E-state index contributed by atoms with van der Waals surface area (Å²) in [6, 6.07) is 11.8. The van der Waals surface area contributed by atoms with E-state index in [0.717, 1.165) is 0 Å². The molecule has 0 aliphatic heterocycles. The van der Waals surface area contributed by atoms with Gasteiger partial charge >= 0.3 is 0 Å². The lowest BCUT2D eigenvalue weighted by molar-refractivity contribution is 0.404. The van der Waals surface area contributed by atoms with Crippen LogP contribution >= 0.6 is 0 Å². The van der Waals surface area contributed by atoms with Gasteiger partial charge in [0.25, 0.3) is 0 Å². The average Bonchev–Trinajstić information content (AvgIpc) is 2.51. The minimum absolute atomic E-state index is 0.167. The number of hydrogen-bond donors (Lipinski definition) is 3. The van der Waals surface area contributed by atoms with Crippen LogP contribution in [0.3, 0.4) is 0 Å². The van der Waals surface area contributed by atoms with Gasteiger partial charge in [-0.2, -0.15) is 0 Å². The Bertz CT molecular complexity index is 763. The van der Waals surface area contributed by atoms with E-state index in [1.165, 1.54) is 18.5 Å². The Morgan fingerprint density at radius 1 is 0.810 bits per heavy atom. The van der Waals surface area contributed by atoms with Crippen molar-refractivity contribution in [2.45, 2.75) is 0 Å². The number of nitrogens with zero attached hydrogens (tertiary/aromatic N) is 3. The first kappa shape index (κ1) is 12.9. The highest BCUT2D eigenvalue weighted by Crippen LogP contribution is 2.30. The molecule has 0 aliphatic carbocycles. The highest BCUT2D eigenvalue weighted by atomic mass is 16.3. The van der Waals surface area contributed by atoms with Crippen molar-refractivity contribution in [2.24, 2.45) is 0 Å². The maximum Gasteiger partial charge on any atom is 0.158 e. The highest BCUT2D eigenvalue weighted by molar-refractivity contribution is 5.66. The standard InChI is InChI=1S/C15H12N4O2/c20-12-5-4-10(7-13(12)21)11-8-15(18-9-17-11)19-14-3-1-2-6-16-14/h1-9,20-21H,(H,16,17,18,19). The van der Waals surface area contributed by atoms with Crippen LogP contribution in [0.15, 0.2) is 55.0 Å². The van der Waals surface area contributed by atoms with Crippen molar-refractivity contribution in [3.8, 4) is 22.8 Å². The number of anilines is 2. The molecule has 1 aromatic carbocycles. The number of benzene rings is 1. The molecule has 3 aromatic rings. The van der Waals surface area contributed by atoms with Crippen molar-refractivity contribution in [1.29, 1.82) is 0 Å². The predicted molar refractivity (Wildman–Crippen MR) is 78.3 cm³/mol. The molecule has 21 heavy (non-hydrogen) atoms. The molecule has 104 valence electrons. The lowest BCUT2D eigenvalue weighted by Crippen LogP contribution is -1.96. The molecule has 0 saturated carbocycles. The minimum Gasteiger partial charge on any atom is -0.504 e. The summed E-state index contributed by atoms with van der Waals surface area (Å²) in [4.78, 5) is 12.4. The molecule has 2 aromatic heterocycles. The average molecular weight is 280 g/mol. The monoisotopic (exact) mass is 280 g/mol. The molecule has 0 fully saturated rings. The number of nitrogens with one attached hydrogen (secondary N) is 1. The Hall–Kier alpha value is -3.15. The Morgan fingerprint density at radius 3 is 2.48 bits per heavy atom. The van der Waals surface area contributed by atoms with Gasteiger partial charge in [0.15, 0.2) is 11.5 Å². The summed E-state index contributed by atoms with van der Waals surface area (Å²) >= 11 is 0. The smallest absolute Gasteiger partial charge is 0.158 e. The van der Waals surface area contributed by atoms with Gasteiger partial charge in [0.05, 0.1) is 5.69 Å². The number of aromatic nitrogens is 3. The summed E-state index contributed by atoms with van der Waals surface area (Å²) in [6.07, 6.45) is 3.10. The summed E-state index contributed by atoms with van der Waals surface area (Å²) in [6.45, 7) is 0. The van der Waals surface area contributed by atoms with Gasteiger partial charge in [-0.15, -0.1) is 0 Å².